The van der Waals surface area contributed by atoms with Crippen LogP contribution in [0.25, 0.3) is 0 Å². The Morgan fingerprint density at radius 3 is 2.06 bits per heavy atom. The maximum atomic E-state index is 14.6. The van der Waals surface area contributed by atoms with Crippen LogP contribution in [-0.2, 0) is 19.1 Å². The van der Waals surface area contributed by atoms with Gasteiger partial charge in [-0.2, -0.15) is 0 Å². The quantitative estimate of drug-likeness (QED) is 0.168. The van der Waals surface area contributed by atoms with Crippen molar-refractivity contribution in [3.63, 3.8) is 0 Å². The van der Waals surface area contributed by atoms with Crippen LogP contribution in [0.15, 0.2) is 11.6 Å². The summed E-state index contributed by atoms with van der Waals surface area (Å²) < 4.78 is 6.29. The lowest BCUT2D eigenvalue weighted by Crippen LogP contribution is -2.66. The summed E-state index contributed by atoms with van der Waals surface area (Å²) in [6.07, 6.45) is 21.7. The number of allylic oxidation sites excluding steroid dienone is 2. The first-order valence-corrected chi connectivity index (χ1v) is 19.7. The van der Waals surface area contributed by atoms with Gasteiger partial charge in [-0.1, -0.05) is 105 Å². The summed E-state index contributed by atoms with van der Waals surface area (Å²) in [6.45, 7) is 18.4. The van der Waals surface area contributed by atoms with Crippen LogP contribution in [0.2, 0.25) is 0 Å². The Morgan fingerprint density at radius 1 is 0.809 bits per heavy atom. The maximum Gasteiger partial charge on any atom is 0.309 e. The van der Waals surface area contributed by atoms with Gasteiger partial charge in [-0.15, -0.1) is 0 Å². The van der Waals surface area contributed by atoms with E-state index in [1.54, 1.807) is 0 Å². The molecule has 0 radical (unpaired) electrons. The van der Waals surface area contributed by atoms with Crippen LogP contribution in [0.1, 0.15) is 177 Å². The van der Waals surface area contributed by atoms with Gasteiger partial charge in [-0.25, -0.2) is 0 Å². The second kappa shape index (κ2) is 13.2. The zero-order valence-corrected chi connectivity index (χ0v) is 31.4. The summed E-state index contributed by atoms with van der Waals surface area (Å²) in [4.78, 5) is 40.1. The highest BCUT2D eigenvalue weighted by Crippen LogP contribution is 2.75. The van der Waals surface area contributed by atoms with Gasteiger partial charge in [0.15, 0.2) is 5.78 Å². The molecule has 0 bridgehead atoms. The molecule has 4 fully saturated rings. The van der Waals surface area contributed by atoms with Gasteiger partial charge >= 0.3 is 11.9 Å². The number of ketones is 1. The molecule has 1 unspecified atom stereocenters. The fraction of sp³-hybridized carbons (Fsp3) is 0.881. The lowest BCUT2D eigenvalue weighted by Gasteiger charge is -2.70. The van der Waals surface area contributed by atoms with Crippen molar-refractivity contribution in [2.24, 2.45) is 50.2 Å². The largest absolute Gasteiger partial charge is 0.481 e. The number of esters is 1. The molecule has 47 heavy (non-hydrogen) atoms. The lowest BCUT2D eigenvalue weighted by molar-refractivity contribution is -0.211. The number of hydrogen-bond acceptors (Lipinski definition) is 4. The van der Waals surface area contributed by atoms with Gasteiger partial charge in [0.1, 0.15) is 6.10 Å². The van der Waals surface area contributed by atoms with Gasteiger partial charge in [0.2, 0.25) is 0 Å². The van der Waals surface area contributed by atoms with Crippen LogP contribution in [0.4, 0.5) is 0 Å². The number of carboxylic acids is 1. The third kappa shape index (κ3) is 6.19. The average Bonchev–Trinajstić information content (AvgIpc) is 2.99. The number of carbonyl (C=O) groups is 3. The Morgan fingerprint density at radius 2 is 1.43 bits per heavy atom. The molecule has 9 atom stereocenters. The zero-order chi connectivity index (χ0) is 34.5. The number of ether oxygens (including phenoxy) is 1. The molecule has 5 nitrogen and oxygen atoms in total. The molecule has 0 aromatic rings. The molecule has 0 spiro atoms. The summed E-state index contributed by atoms with van der Waals surface area (Å²) in [7, 11) is 0. The van der Waals surface area contributed by atoms with Gasteiger partial charge in [-0.05, 0) is 111 Å². The van der Waals surface area contributed by atoms with Gasteiger partial charge in [-0.3, -0.25) is 14.4 Å². The first kappa shape index (κ1) is 36.6. The van der Waals surface area contributed by atoms with E-state index in [0.717, 1.165) is 57.8 Å². The van der Waals surface area contributed by atoms with E-state index in [0.29, 0.717) is 25.2 Å². The number of carboxylic acid groups (broad SMARTS) is 1. The highest BCUT2D eigenvalue weighted by Gasteiger charge is 2.70. The minimum Gasteiger partial charge on any atom is -0.481 e. The molecule has 0 amide bonds. The molecular formula is C42H68O5. The molecule has 1 N–H and O–H groups in total. The monoisotopic (exact) mass is 653 g/mol. The van der Waals surface area contributed by atoms with Gasteiger partial charge in [0, 0.05) is 17.8 Å². The molecule has 0 aromatic heterocycles. The van der Waals surface area contributed by atoms with Crippen molar-refractivity contribution in [1.82, 2.24) is 0 Å². The molecule has 0 heterocycles. The van der Waals surface area contributed by atoms with Gasteiger partial charge < -0.3 is 9.84 Å². The van der Waals surface area contributed by atoms with E-state index in [1.807, 2.05) is 13.0 Å². The van der Waals surface area contributed by atoms with Crippen molar-refractivity contribution in [3.8, 4) is 0 Å². The second-order valence-corrected chi connectivity index (χ2v) is 19.0. The number of unbranched alkanes of at least 4 members (excludes halogenated alkanes) is 8. The lowest BCUT2D eigenvalue weighted by atomic mass is 9.33. The van der Waals surface area contributed by atoms with Crippen molar-refractivity contribution in [2.45, 2.75) is 183 Å². The van der Waals surface area contributed by atoms with Crippen LogP contribution in [0.5, 0.6) is 0 Å². The van der Waals surface area contributed by atoms with Crippen molar-refractivity contribution in [2.75, 3.05) is 0 Å². The number of fused-ring (bicyclic) bond motifs is 7. The number of rotatable bonds is 12. The van der Waals surface area contributed by atoms with Crippen LogP contribution in [0, 0.1) is 50.2 Å². The SMILES string of the molecule is CCCCCCCCCCCC(=O)O[C@H]1CC[C@@]2(C)C(CC[C@]3(C)[C@@H]2C(=O)C=C2[C@H]4C[C@](C)(C(=O)O)CC[C@]4(C)CC[C@]23C)C1(C)C. The first-order valence-electron chi connectivity index (χ1n) is 19.7. The normalized spacial score (nSPS) is 42.3. The minimum atomic E-state index is -0.735. The van der Waals surface area contributed by atoms with E-state index in [4.69, 9.17) is 4.74 Å². The average molecular weight is 653 g/mol. The van der Waals surface area contributed by atoms with Gasteiger partial charge in [0.05, 0.1) is 5.41 Å². The Bertz CT molecular complexity index is 1230. The van der Waals surface area contributed by atoms with Crippen molar-refractivity contribution >= 4 is 17.7 Å². The molecule has 266 valence electrons. The van der Waals surface area contributed by atoms with Crippen LogP contribution >= 0.6 is 0 Å². The maximum absolute atomic E-state index is 14.6. The molecule has 5 rings (SSSR count). The van der Waals surface area contributed by atoms with Gasteiger partial charge in [0.25, 0.3) is 0 Å². The second-order valence-electron chi connectivity index (χ2n) is 19.0. The standard InChI is InChI=1S/C42H68O5/c1-9-10-11-12-13-14-15-16-17-18-34(44)47-33-20-21-40(6)32(37(33,2)3)19-22-42(8)35(40)31(43)27-29-30-28-39(5,36(45)46)24-23-38(30,4)25-26-41(29,42)7/h27,30,32-33,35H,9-26,28H2,1-8H3,(H,45,46)/t30-,32?,33+,35-,38-,39-,40+,41-,42-/m1/s1. The van der Waals surface area contributed by atoms with E-state index in [9.17, 15) is 19.5 Å². The Labute approximate surface area is 286 Å². The number of aliphatic carboxylic acids is 1. The Kier molecular flexibility index (Phi) is 10.3. The van der Waals surface area contributed by atoms with E-state index >= 15 is 0 Å². The van der Waals surface area contributed by atoms with Crippen molar-refractivity contribution in [1.29, 1.82) is 0 Å². The molecule has 5 aliphatic rings. The minimum absolute atomic E-state index is 0.0461. The fourth-order valence-electron chi connectivity index (χ4n) is 12.4. The summed E-state index contributed by atoms with van der Waals surface area (Å²) in [5.74, 6) is -0.0982. The Balaban J connectivity index is 1.28. The first-order chi connectivity index (χ1) is 22.0. The van der Waals surface area contributed by atoms with Crippen LogP contribution in [-0.4, -0.2) is 28.9 Å². The molecule has 0 aromatic carbocycles. The predicted octanol–water partition coefficient (Wildman–Crippen LogP) is 10.9. The van der Waals surface area contributed by atoms with Crippen molar-refractivity contribution < 1.29 is 24.2 Å². The molecule has 5 heteroatoms. The molecule has 0 aliphatic heterocycles. The topological polar surface area (TPSA) is 80.7 Å². The van der Waals surface area contributed by atoms with E-state index in [-0.39, 0.29) is 56.8 Å². The fourth-order valence-corrected chi connectivity index (χ4v) is 12.4. The Hall–Kier alpha value is -1.65. The predicted molar refractivity (Wildman–Crippen MR) is 189 cm³/mol. The molecular weight excluding hydrogens is 584 g/mol. The number of carbonyl (C=O) groups excluding carboxylic acids is 2. The zero-order valence-electron chi connectivity index (χ0n) is 31.4. The molecule has 4 saturated carbocycles. The smallest absolute Gasteiger partial charge is 0.309 e. The van der Waals surface area contributed by atoms with E-state index in [1.165, 1.54) is 50.5 Å². The summed E-state index contributed by atoms with van der Waals surface area (Å²) in [5, 5.41) is 10.2. The molecule has 5 aliphatic carbocycles. The van der Waals surface area contributed by atoms with Crippen molar-refractivity contribution in [3.05, 3.63) is 11.6 Å². The van der Waals surface area contributed by atoms with Crippen LogP contribution < -0.4 is 0 Å². The molecule has 0 saturated heterocycles. The summed E-state index contributed by atoms with van der Waals surface area (Å²) in [5.41, 5.74) is -0.0726. The summed E-state index contributed by atoms with van der Waals surface area (Å²) >= 11 is 0. The van der Waals surface area contributed by atoms with Crippen LogP contribution in [0.3, 0.4) is 0 Å². The summed E-state index contributed by atoms with van der Waals surface area (Å²) in [6, 6.07) is 0. The highest BCUT2D eigenvalue weighted by molar-refractivity contribution is 5.95. The number of hydrogen-bond donors (Lipinski definition) is 1. The van der Waals surface area contributed by atoms with E-state index in [2.05, 4.69) is 48.5 Å². The van der Waals surface area contributed by atoms with E-state index < -0.39 is 11.4 Å². The third-order valence-corrected chi connectivity index (χ3v) is 15.8. The third-order valence-electron chi connectivity index (χ3n) is 15.8. The highest BCUT2D eigenvalue weighted by atomic mass is 16.5.